The van der Waals surface area contributed by atoms with Crippen molar-refractivity contribution < 1.29 is 0 Å². The second-order valence-corrected chi connectivity index (χ2v) is 7.30. The van der Waals surface area contributed by atoms with E-state index in [4.69, 9.17) is 0 Å². The lowest BCUT2D eigenvalue weighted by molar-refractivity contribution is 0.231. The van der Waals surface area contributed by atoms with Crippen LogP contribution >= 0.6 is 27.3 Å². The zero-order valence-electron chi connectivity index (χ0n) is 9.45. The van der Waals surface area contributed by atoms with Crippen molar-refractivity contribution in [3.63, 3.8) is 0 Å². The number of halogens is 1. The Bertz CT molecular complexity index is 379. The molecule has 1 aromatic heterocycles. The van der Waals surface area contributed by atoms with E-state index in [1.807, 2.05) is 0 Å². The van der Waals surface area contributed by atoms with Crippen LogP contribution in [0.1, 0.15) is 12.5 Å². The Morgan fingerprint density at radius 3 is 3.12 bits per heavy atom. The second kappa shape index (κ2) is 4.41. The molecule has 3 rings (SSSR count). The molecule has 2 saturated heterocycles. The molecule has 2 aliphatic rings. The third kappa shape index (κ3) is 1.96. The lowest BCUT2D eigenvalue weighted by Crippen LogP contribution is -2.32. The lowest BCUT2D eigenvalue weighted by atomic mass is 9.95. The molecule has 0 aliphatic carbocycles. The Morgan fingerprint density at radius 2 is 2.44 bits per heavy atom. The molecule has 2 nitrogen and oxygen atoms in total. The molecule has 3 atom stereocenters. The molecule has 4 heteroatoms. The number of nitrogens with zero attached hydrogens (tertiary/aromatic N) is 1. The predicted octanol–water partition coefficient (Wildman–Crippen LogP) is 2.55. The van der Waals surface area contributed by atoms with E-state index in [9.17, 15) is 0 Å². The quantitative estimate of drug-likeness (QED) is 0.903. The van der Waals surface area contributed by atoms with Crippen molar-refractivity contribution in [3.8, 4) is 0 Å². The minimum atomic E-state index is 0.735. The molecule has 0 amide bonds. The van der Waals surface area contributed by atoms with Gasteiger partial charge in [0.15, 0.2) is 0 Å². The minimum Gasteiger partial charge on any atom is -0.316 e. The van der Waals surface area contributed by atoms with E-state index in [1.54, 1.807) is 11.3 Å². The van der Waals surface area contributed by atoms with Gasteiger partial charge in [0, 0.05) is 19.1 Å². The third-order valence-electron chi connectivity index (χ3n) is 4.06. The van der Waals surface area contributed by atoms with Gasteiger partial charge < -0.3 is 5.32 Å². The minimum absolute atomic E-state index is 0.735. The van der Waals surface area contributed by atoms with Crippen molar-refractivity contribution in [2.75, 3.05) is 19.6 Å². The lowest BCUT2D eigenvalue weighted by Gasteiger charge is -2.23. The zero-order valence-corrected chi connectivity index (χ0v) is 11.9. The number of hydrogen-bond donors (Lipinski definition) is 1. The van der Waals surface area contributed by atoms with Crippen molar-refractivity contribution >= 4 is 27.3 Å². The fourth-order valence-corrected chi connectivity index (χ4v) is 4.33. The van der Waals surface area contributed by atoms with Crippen LogP contribution in [-0.2, 0) is 6.54 Å². The summed E-state index contributed by atoms with van der Waals surface area (Å²) in [5.41, 5.74) is 1.46. The van der Waals surface area contributed by atoms with Crippen LogP contribution in [0.15, 0.2) is 15.2 Å². The maximum atomic E-state index is 3.54. The standard InChI is InChI=1S/C12H17BrN2S/c1-8-11-4-14-3-10(11)6-15(8)5-9-2-12(13)16-7-9/h2,7-8,10-11,14H,3-6H2,1H3. The van der Waals surface area contributed by atoms with Gasteiger partial charge in [-0.25, -0.2) is 0 Å². The molecule has 0 spiro atoms. The van der Waals surface area contributed by atoms with Crippen molar-refractivity contribution in [2.24, 2.45) is 11.8 Å². The number of nitrogens with one attached hydrogen (secondary N) is 1. The molecule has 16 heavy (non-hydrogen) atoms. The molecule has 2 aliphatic heterocycles. The first-order valence-electron chi connectivity index (χ1n) is 5.91. The van der Waals surface area contributed by atoms with E-state index >= 15 is 0 Å². The number of rotatable bonds is 2. The summed E-state index contributed by atoms with van der Waals surface area (Å²) < 4.78 is 1.25. The van der Waals surface area contributed by atoms with E-state index in [-0.39, 0.29) is 0 Å². The van der Waals surface area contributed by atoms with Gasteiger partial charge in [-0.3, -0.25) is 4.90 Å². The van der Waals surface area contributed by atoms with Crippen LogP contribution < -0.4 is 5.32 Å². The fourth-order valence-electron chi connectivity index (χ4n) is 3.13. The summed E-state index contributed by atoms with van der Waals surface area (Å²) in [6, 6.07) is 2.99. The third-order valence-corrected chi connectivity index (χ3v) is 5.62. The highest BCUT2D eigenvalue weighted by molar-refractivity contribution is 9.11. The molecule has 2 fully saturated rings. The molecule has 0 saturated carbocycles. The van der Waals surface area contributed by atoms with Crippen molar-refractivity contribution in [1.29, 1.82) is 0 Å². The molecule has 0 bridgehead atoms. The Kier molecular flexibility index (Phi) is 3.09. The van der Waals surface area contributed by atoms with Crippen molar-refractivity contribution in [3.05, 3.63) is 20.8 Å². The van der Waals surface area contributed by atoms with Gasteiger partial charge in [0.2, 0.25) is 0 Å². The van der Waals surface area contributed by atoms with Gasteiger partial charge in [0.05, 0.1) is 3.79 Å². The Hall–Kier alpha value is 0.100. The normalized spacial score (nSPS) is 34.5. The first kappa shape index (κ1) is 11.2. The van der Waals surface area contributed by atoms with Gasteiger partial charge in [-0.2, -0.15) is 0 Å². The largest absolute Gasteiger partial charge is 0.316 e. The maximum Gasteiger partial charge on any atom is 0.0701 e. The predicted molar refractivity (Wildman–Crippen MR) is 71.7 cm³/mol. The van der Waals surface area contributed by atoms with Gasteiger partial charge in [-0.05, 0) is 64.8 Å². The molecule has 0 radical (unpaired) electrons. The van der Waals surface area contributed by atoms with E-state index < -0.39 is 0 Å². The first-order chi connectivity index (χ1) is 7.74. The summed E-state index contributed by atoms with van der Waals surface area (Å²) in [6.07, 6.45) is 0. The summed E-state index contributed by atoms with van der Waals surface area (Å²) >= 11 is 5.32. The van der Waals surface area contributed by atoms with Crippen LogP contribution in [0.4, 0.5) is 0 Å². The average Bonchev–Trinajstić information content (AvgIpc) is 2.90. The number of hydrogen-bond acceptors (Lipinski definition) is 3. The summed E-state index contributed by atoms with van der Waals surface area (Å²) in [4.78, 5) is 2.64. The highest BCUT2D eigenvalue weighted by atomic mass is 79.9. The van der Waals surface area contributed by atoms with E-state index in [2.05, 4.69) is 44.5 Å². The van der Waals surface area contributed by atoms with Gasteiger partial charge in [-0.1, -0.05) is 0 Å². The molecular formula is C12H17BrN2S. The number of thiophene rings is 1. The van der Waals surface area contributed by atoms with Crippen LogP contribution in [0.3, 0.4) is 0 Å². The monoisotopic (exact) mass is 300 g/mol. The average molecular weight is 301 g/mol. The molecule has 0 aromatic carbocycles. The molecule has 3 heterocycles. The second-order valence-electron chi connectivity index (χ2n) is 5.01. The van der Waals surface area contributed by atoms with Gasteiger partial charge in [-0.15, -0.1) is 11.3 Å². The Balaban J connectivity index is 1.68. The van der Waals surface area contributed by atoms with Gasteiger partial charge in [0.1, 0.15) is 0 Å². The van der Waals surface area contributed by atoms with Crippen LogP contribution in [0.25, 0.3) is 0 Å². The van der Waals surface area contributed by atoms with Crippen LogP contribution in [-0.4, -0.2) is 30.6 Å². The maximum absolute atomic E-state index is 3.54. The molecular weight excluding hydrogens is 284 g/mol. The summed E-state index contributed by atoms with van der Waals surface area (Å²) in [5.74, 6) is 1.76. The summed E-state index contributed by atoms with van der Waals surface area (Å²) in [6.45, 7) is 7.22. The van der Waals surface area contributed by atoms with E-state index in [1.165, 1.54) is 29.0 Å². The van der Waals surface area contributed by atoms with Crippen LogP contribution in [0.5, 0.6) is 0 Å². The topological polar surface area (TPSA) is 15.3 Å². The van der Waals surface area contributed by atoms with E-state index in [0.29, 0.717) is 0 Å². The highest BCUT2D eigenvalue weighted by Crippen LogP contribution is 2.34. The molecule has 1 aromatic rings. The number of likely N-dealkylation sites (tertiary alicyclic amines) is 1. The highest BCUT2D eigenvalue weighted by Gasteiger charge is 2.41. The van der Waals surface area contributed by atoms with Crippen LogP contribution in [0, 0.1) is 11.8 Å². The molecule has 3 unspecified atom stereocenters. The van der Waals surface area contributed by atoms with Crippen molar-refractivity contribution in [2.45, 2.75) is 19.5 Å². The van der Waals surface area contributed by atoms with E-state index in [0.717, 1.165) is 24.4 Å². The summed E-state index contributed by atoms with van der Waals surface area (Å²) in [7, 11) is 0. The zero-order chi connectivity index (χ0) is 11.1. The first-order valence-corrected chi connectivity index (χ1v) is 7.59. The summed E-state index contributed by atoms with van der Waals surface area (Å²) in [5, 5.41) is 5.78. The molecule has 1 N–H and O–H groups in total. The number of fused-ring (bicyclic) bond motifs is 1. The fraction of sp³-hybridized carbons (Fsp3) is 0.667. The molecule has 88 valence electrons. The van der Waals surface area contributed by atoms with Gasteiger partial charge >= 0.3 is 0 Å². The SMILES string of the molecule is CC1C2CNCC2CN1Cc1csc(Br)c1. The Labute approximate surface area is 109 Å². The van der Waals surface area contributed by atoms with Crippen LogP contribution in [0.2, 0.25) is 0 Å². The van der Waals surface area contributed by atoms with Gasteiger partial charge in [0.25, 0.3) is 0 Å². The smallest absolute Gasteiger partial charge is 0.0701 e. The Morgan fingerprint density at radius 1 is 1.56 bits per heavy atom. The van der Waals surface area contributed by atoms with Crippen molar-refractivity contribution in [1.82, 2.24) is 10.2 Å².